The fourth-order valence-electron chi connectivity index (χ4n) is 1.36. The summed E-state index contributed by atoms with van der Waals surface area (Å²) < 4.78 is 14.7. The molecule has 0 saturated carbocycles. The van der Waals surface area contributed by atoms with E-state index in [1.165, 1.54) is 11.1 Å². The van der Waals surface area contributed by atoms with Crippen molar-refractivity contribution in [3.05, 3.63) is 24.3 Å². The van der Waals surface area contributed by atoms with Crippen molar-refractivity contribution in [3.63, 3.8) is 0 Å². The Kier molecular flexibility index (Phi) is 6.39. The predicted octanol–water partition coefficient (Wildman–Crippen LogP) is 2.62. The summed E-state index contributed by atoms with van der Waals surface area (Å²) in [7, 11) is 0. The molecular formula is C14H20O4. The lowest BCUT2D eigenvalue weighted by Crippen LogP contribution is -2.29. The van der Waals surface area contributed by atoms with E-state index in [0.717, 1.165) is 0 Å². The molecule has 0 aromatic heterocycles. The lowest BCUT2D eigenvalue weighted by molar-refractivity contribution is -0.192. The largest absolute Gasteiger partial charge is 0.462 e. The van der Waals surface area contributed by atoms with Gasteiger partial charge in [0.2, 0.25) is 0 Å². The molecule has 2 rings (SSSR count). The van der Waals surface area contributed by atoms with Gasteiger partial charge in [-0.25, -0.2) is 4.79 Å². The van der Waals surface area contributed by atoms with Gasteiger partial charge in [-0.05, 0) is 31.9 Å². The van der Waals surface area contributed by atoms with Gasteiger partial charge in [0.15, 0.2) is 0 Å². The van der Waals surface area contributed by atoms with E-state index < -0.39 is 12.3 Å². The Bertz CT molecular complexity index is 332. The van der Waals surface area contributed by atoms with E-state index in [9.17, 15) is 4.79 Å². The van der Waals surface area contributed by atoms with Crippen molar-refractivity contribution in [2.75, 3.05) is 19.8 Å². The van der Waals surface area contributed by atoms with Crippen molar-refractivity contribution in [3.8, 4) is 11.1 Å². The van der Waals surface area contributed by atoms with E-state index in [1.807, 2.05) is 0 Å². The monoisotopic (exact) mass is 252 g/mol. The fraction of sp³-hybridized carbons (Fsp3) is 0.500. The summed E-state index contributed by atoms with van der Waals surface area (Å²) in [5.74, 6) is -0.457. The van der Waals surface area contributed by atoms with Crippen molar-refractivity contribution in [1.29, 1.82) is 0 Å². The van der Waals surface area contributed by atoms with E-state index in [2.05, 4.69) is 24.3 Å². The third-order valence-electron chi connectivity index (χ3n) is 2.33. The zero-order valence-corrected chi connectivity index (χ0v) is 11.1. The van der Waals surface area contributed by atoms with E-state index in [4.69, 9.17) is 14.2 Å². The highest BCUT2D eigenvalue weighted by Crippen LogP contribution is 2.29. The lowest BCUT2D eigenvalue weighted by Gasteiger charge is -2.14. The Labute approximate surface area is 108 Å². The molecule has 4 heteroatoms. The Morgan fingerprint density at radius 2 is 1.39 bits per heavy atom. The molecule has 4 nitrogen and oxygen atoms in total. The van der Waals surface area contributed by atoms with Crippen LogP contribution in [0.4, 0.5) is 0 Å². The van der Waals surface area contributed by atoms with Gasteiger partial charge in [-0.2, -0.15) is 0 Å². The second-order valence-electron chi connectivity index (χ2n) is 3.57. The first-order chi connectivity index (χ1) is 8.72. The Balaban J connectivity index is 0.000000217. The van der Waals surface area contributed by atoms with Gasteiger partial charge in [0.05, 0.1) is 6.61 Å². The molecule has 2 aliphatic carbocycles. The average Bonchev–Trinajstić information content (AvgIpc) is 2.34. The number of hydrogen-bond acceptors (Lipinski definition) is 4. The average molecular weight is 252 g/mol. The first-order valence-electron chi connectivity index (χ1n) is 6.23. The van der Waals surface area contributed by atoms with Crippen LogP contribution < -0.4 is 0 Å². The molecule has 0 radical (unpaired) electrons. The summed E-state index contributed by atoms with van der Waals surface area (Å²) in [6, 6.07) is 8.48. The SMILES string of the molecule is CCOC(=O)C(OCC)OCC.c1cc2ccc1-2. The maximum Gasteiger partial charge on any atom is 0.363 e. The standard InChI is InChI=1S/C8H16O4.C6H4/c1-4-10-7(9)8(11-5-2)12-6-3;1-2-6-4-3-5(1)6/h8H,4-6H2,1-3H3;1-4H. The Hall–Kier alpha value is -1.39. The lowest BCUT2D eigenvalue weighted by atomic mass is 9.95. The van der Waals surface area contributed by atoms with Gasteiger partial charge < -0.3 is 14.2 Å². The molecule has 0 aromatic rings. The maximum absolute atomic E-state index is 11.1. The molecule has 0 spiro atoms. The number of fused-ring (bicyclic) bond motifs is 1. The second-order valence-corrected chi connectivity index (χ2v) is 3.57. The normalized spacial score (nSPS) is 10.7. The summed E-state index contributed by atoms with van der Waals surface area (Å²) in [6.07, 6.45) is -0.861. The number of carbonyl (C=O) groups excluding carboxylic acids is 1. The van der Waals surface area contributed by atoms with Crippen molar-refractivity contribution in [1.82, 2.24) is 0 Å². The van der Waals surface area contributed by atoms with Crippen LogP contribution in [0.15, 0.2) is 24.3 Å². The van der Waals surface area contributed by atoms with E-state index >= 15 is 0 Å². The first kappa shape index (κ1) is 14.7. The van der Waals surface area contributed by atoms with Crippen LogP contribution in [0.2, 0.25) is 0 Å². The second kappa shape index (κ2) is 7.84. The summed E-state index contributed by atoms with van der Waals surface area (Å²) in [5, 5.41) is 0. The molecule has 0 unspecified atom stereocenters. The van der Waals surface area contributed by atoms with Crippen molar-refractivity contribution in [2.24, 2.45) is 0 Å². The number of esters is 1. The third-order valence-corrected chi connectivity index (χ3v) is 2.33. The van der Waals surface area contributed by atoms with Crippen LogP contribution in [0.25, 0.3) is 11.1 Å². The van der Waals surface area contributed by atoms with E-state index in [1.54, 1.807) is 20.8 Å². The van der Waals surface area contributed by atoms with Gasteiger partial charge in [-0.1, -0.05) is 24.3 Å². The predicted molar refractivity (Wildman–Crippen MR) is 69.1 cm³/mol. The molecule has 0 fully saturated rings. The van der Waals surface area contributed by atoms with Crippen LogP contribution in [0.3, 0.4) is 0 Å². The smallest absolute Gasteiger partial charge is 0.363 e. The molecule has 0 N–H and O–H groups in total. The summed E-state index contributed by atoms with van der Waals surface area (Å²) in [5.41, 5.74) is 2.85. The molecule has 0 aromatic carbocycles. The molecule has 0 saturated heterocycles. The minimum Gasteiger partial charge on any atom is -0.462 e. The number of rotatable bonds is 6. The zero-order chi connectivity index (χ0) is 13.4. The molecule has 0 heterocycles. The summed E-state index contributed by atoms with van der Waals surface area (Å²) in [6.45, 7) is 6.55. The van der Waals surface area contributed by atoms with Crippen molar-refractivity contribution >= 4 is 5.97 Å². The van der Waals surface area contributed by atoms with Crippen LogP contribution in [0.5, 0.6) is 0 Å². The minimum atomic E-state index is -0.861. The molecule has 100 valence electrons. The van der Waals surface area contributed by atoms with E-state index in [-0.39, 0.29) is 0 Å². The number of ether oxygens (including phenoxy) is 3. The van der Waals surface area contributed by atoms with E-state index in [0.29, 0.717) is 19.8 Å². The number of benzene rings is 1. The van der Waals surface area contributed by atoms with Gasteiger partial charge in [-0.3, -0.25) is 0 Å². The number of carbonyl (C=O) groups is 1. The minimum absolute atomic E-state index is 0.343. The van der Waals surface area contributed by atoms with Gasteiger partial charge >= 0.3 is 5.97 Å². The quantitative estimate of drug-likeness (QED) is 0.585. The zero-order valence-electron chi connectivity index (χ0n) is 11.1. The highest BCUT2D eigenvalue weighted by molar-refractivity contribution is 5.75. The van der Waals surface area contributed by atoms with Crippen LogP contribution >= 0.6 is 0 Å². The highest BCUT2D eigenvalue weighted by Gasteiger charge is 2.19. The van der Waals surface area contributed by atoms with Gasteiger partial charge in [0.1, 0.15) is 0 Å². The van der Waals surface area contributed by atoms with Crippen LogP contribution in [-0.2, 0) is 19.0 Å². The summed E-state index contributed by atoms with van der Waals surface area (Å²) in [4.78, 5) is 11.1. The topological polar surface area (TPSA) is 44.8 Å². The molecule has 0 atom stereocenters. The molecule has 0 bridgehead atoms. The molecule has 18 heavy (non-hydrogen) atoms. The third kappa shape index (κ3) is 4.13. The molecular weight excluding hydrogens is 232 g/mol. The Morgan fingerprint density at radius 1 is 0.944 bits per heavy atom. The van der Waals surface area contributed by atoms with Crippen molar-refractivity contribution in [2.45, 2.75) is 27.1 Å². The van der Waals surface area contributed by atoms with Gasteiger partial charge in [-0.15, -0.1) is 0 Å². The highest BCUT2D eigenvalue weighted by atomic mass is 16.7. The van der Waals surface area contributed by atoms with Crippen molar-refractivity contribution < 1.29 is 19.0 Å². The first-order valence-corrected chi connectivity index (χ1v) is 6.23. The fourth-order valence-corrected chi connectivity index (χ4v) is 1.36. The van der Waals surface area contributed by atoms with Crippen LogP contribution in [-0.4, -0.2) is 32.1 Å². The van der Waals surface area contributed by atoms with Gasteiger partial charge in [0, 0.05) is 13.2 Å². The Morgan fingerprint density at radius 3 is 1.61 bits per heavy atom. The maximum atomic E-state index is 11.1. The molecule has 2 aliphatic rings. The van der Waals surface area contributed by atoms with Gasteiger partial charge in [0.25, 0.3) is 6.29 Å². The summed E-state index contributed by atoms with van der Waals surface area (Å²) >= 11 is 0. The molecule has 0 aliphatic heterocycles. The number of hydrogen-bond donors (Lipinski definition) is 0. The van der Waals surface area contributed by atoms with Crippen LogP contribution in [0, 0.1) is 0 Å². The molecule has 0 amide bonds. The van der Waals surface area contributed by atoms with Crippen LogP contribution in [0.1, 0.15) is 20.8 Å².